The Morgan fingerprint density at radius 1 is 1.05 bits per heavy atom. The predicted molar refractivity (Wildman–Crippen MR) is 133 cm³/mol. The number of aromatic nitrogens is 2. The first-order valence-electron chi connectivity index (χ1n) is 12.1. The monoisotopic (exact) mass is 561 g/mol. The van der Waals surface area contributed by atoms with E-state index in [9.17, 15) is 19.5 Å². The third kappa shape index (κ3) is 7.51. The van der Waals surface area contributed by atoms with Crippen LogP contribution in [0.1, 0.15) is 47.8 Å². The van der Waals surface area contributed by atoms with E-state index in [0.717, 1.165) is 4.57 Å². The Kier molecular flexibility index (Phi) is 10.6. The summed E-state index contributed by atoms with van der Waals surface area (Å²) in [4.78, 5) is 42.1. The molecule has 1 aromatic heterocycles. The maximum Gasteiger partial charge on any atom is 0.351 e. The Labute approximate surface area is 226 Å². The van der Waals surface area contributed by atoms with Gasteiger partial charge in [0, 0.05) is 27.5 Å². The summed E-state index contributed by atoms with van der Waals surface area (Å²) in [6, 6.07) is 1.27. The number of rotatable bonds is 13. The van der Waals surface area contributed by atoms with E-state index in [-0.39, 0.29) is 5.82 Å². The third-order valence-corrected chi connectivity index (χ3v) is 6.54. The molecule has 1 aromatic rings. The Hall–Kier alpha value is -2.66. The van der Waals surface area contributed by atoms with Crippen molar-refractivity contribution in [3.8, 4) is 0 Å². The van der Waals surface area contributed by atoms with E-state index in [2.05, 4.69) is 4.98 Å². The number of aliphatic hydroxyl groups excluding tert-OH is 1. The molecular weight excluding hydrogens is 522 g/mol. The smallest absolute Gasteiger partial charge is 0.351 e. The fourth-order valence-corrected chi connectivity index (χ4v) is 3.20. The molecule has 0 radical (unpaired) electrons. The zero-order chi connectivity index (χ0) is 29.8. The van der Waals surface area contributed by atoms with Crippen molar-refractivity contribution >= 4 is 17.8 Å². The number of methoxy groups -OCH3 is 3. The van der Waals surface area contributed by atoms with Crippen LogP contribution in [0.5, 0.6) is 0 Å². The summed E-state index contributed by atoms with van der Waals surface area (Å²) in [6.45, 7) is 8.65. The molecule has 2 heterocycles. The van der Waals surface area contributed by atoms with E-state index in [0.29, 0.717) is 0 Å². The van der Waals surface area contributed by atoms with Crippen LogP contribution < -0.4 is 11.2 Å². The molecule has 0 spiro atoms. The van der Waals surface area contributed by atoms with Crippen LogP contribution in [0, 0.1) is 0 Å². The number of aliphatic hydroxyl groups is 1. The molecule has 5 atom stereocenters. The number of carbonyl (C=O) groups is 2. The van der Waals surface area contributed by atoms with E-state index < -0.39 is 71.9 Å². The van der Waals surface area contributed by atoms with Crippen molar-refractivity contribution in [2.24, 2.45) is 0 Å². The summed E-state index contributed by atoms with van der Waals surface area (Å²) in [7, 11) is 4.03. The summed E-state index contributed by atoms with van der Waals surface area (Å²) in [6.07, 6.45) is -5.49. The Balaban J connectivity index is 2.56. The minimum absolute atomic E-state index is 0.138. The second-order valence-electron chi connectivity index (χ2n) is 10.3. The minimum atomic E-state index is -1.57. The van der Waals surface area contributed by atoms with Crippen molar-refractivity contribution in [2.45, 2.75) is 89.2 Å². The van der Waals surface area contributed by atoms with Crippen LogP contribution in [0.2, 0.25) is 0 Å². The van der Waals surface area contributed by atoms with Gasteiger partial charge >= 0.3 is 17.6 Å². The summed E-state index contributed by atoms with van der Waals surface area (Å²) in [5, 5.41) is 19.9. The average molecular weight is 562 g/mol. The van der Waals surface area contributed by atoms with Gasteiger partial charge in [-0.1, -0.05) is 0 Å². The van der Waals surface area contributed by atoms with Crippen molar-refractivity contribution < 1.29 is 53.1 Å². The highest BCUT2D eigenvalue weighted by atomic mass is 16.7. The van der Waals surface area contributed by atoms with Gasteiger partial charge in [0.25, 0.3) is 0 Å². The molecular formula is C24H39N3O12. The SMILES string of the molecule is COC(C)(C)C(=O)OC[C@H]1O[C@@H](n2ccc(NO)nc2=O)[C@H](OC(=O)C(C)(C)OC)[C@@H]1OC(O)C(C)(C)OC. The Bertz CT molecular complexity index is 1060. The topological polar surface area (TPSA) is 186 Å². The summed E-state index contributed by atoms with van der Waals surface area (Å²) in [5.74, 6) is -1.69. The van der Waals surface area contributed by atoms with Crippen LogP contribution in [-0.2, 0) is 42.7 Å². The lowest BCUT2D eigenvalue weighted by molar-refractivity contribution is -0.249. The van der Waals surface area contributed by atoms with Gasteiger partial charge in [-0.15, -0.1) is 0 Å². The highest BCUT2D eigenvalue weighted by molar-refractivity contribution is 5.79. The molecule has 0 aromatic carbocycles. The van der Waals surface area contributed by atoms with Crippen LogP contribution in [0.3, 0.4) is 0 Å². The normalized spacial score (nSPS) is 22.8. The van der Waals surface area contributed by atoms with Crippen LogP contribution >= 0.6 is 0 Å². The van der Waals surface area contributed by atoms with Crippen LogP contribution in [-0.4, -0.2) is 101 Å². The number of esters is 2. The first-order valence-corrected chi connectivity index (χ1v) is 12.1. The fraction of sp³-hybridized carbons (Fsp3) is 0.750. The predicted octanol–water partition coefficient (Wildman–Crippen LogP) is 0.375. The minimum Gasteiger partial charge on any atom is -0.461 e. The van der Waals surface area contributed by atoms with E-state index >= 15 is 0 Å². The average Bonchev–Trinajstić information content (AvgIpc) is 3.22. The second-order valence-corrected chi connectivity index (χ2v) is 10.3. The lowest BCUT2D eigenvalue weighted by Gasteiger charge is -2.34. The Morgan fingerprint density at radius 2 is 1.64 bits per heavy atom. The van der Waals surface area contributed by atoms with Gasteiger partial charge in [-0.2, -0.15) is 4.98 Å². The maximum absolute atomic E-state index is 13.0. The van der Waals surface area contributed by atoms with Crippen molar-refractivity contribution in [2.75, 3.05) is 33.4 Å². The maximum atomic E-state index is 13.0. The summed E-state index contributed by atoms with van der Waals surface area (Å²) < 4.78 is 39.8. The molecule has 3 N–H and O–H groups in total. The molecule has 1 aliphatic rings. The Morgan fingerprint density at radius 3 is 2.15 bits per heavy atom. The molecule has 39 heavy (non-hydrogen) atoms. The van der Waals surface area contributed by atoms with Crippen LogP contribution in [0.15, 0.2) is 17.1 Å². The first-order chi connectivity index (χ1) is 18.0. The highest BCUT2D eigenvalue weighted by Gasteiger charge is 2.53. The van der Waals surface area contributed by atoms with Crippen molar-refractivity contribution in [3.05, 3.63) is 22.7 Å². The number of carbonyl (C=O) groups excluding carboxylic acids is 2. The van der Waals surface area contributed by atoms with Crippen molar-refractivity contribution in [3.63, 3.8) is 0 Å². The van der Waals surface area contributed by atoms with Crippen LogP contribution in [0.25, 0.3) is 0 Å². The highest BCUT2D eigenvalue weighted by Crippen LogP contribution is 2.36. The van der Waals surface area contributed by atoms with Gasteiger partial charge in [0.2, 0.25) is 0 Å². The first kappa shape index (κ1) is 32.6. The molecule has 2 rings (SSSR count). The number of anilines is 1. The van der Waals surface area contributed by atoms with Crippen LogP contribution in [0.4, 0.5) is 5.82 Å². The lowest BCUT2D eigenvalue weighted by atomic mass is 10.1. The molecule has 222 valence electrons. The molecule has 1 aliphatic heterocycles. The van der Waals surface area contributed by atoms with Crippen molar-refractivity contribution in [1.82, 2.24) is 9.55 Å². The van der Waals surface area contributed by atoms with Gasteiger partial charge in [-0.25, -0.2) is 14.4 Å². The van der Waals surface area contributed by atoms with E-state index in [1.54, 1.807) is 19.3 Å². The summed E-state index contributed by atoms with van der Waals surface area (Å²) >= 11 is 0. The largest absolute Gasteiger partial charge is 0.461 e. The molecule has 0 amide bonds. The molecule has 1 fully saturated rings. The van der Waals surface area contributed by atoms with Gasteiger partial charge in [-0.3, -0.25) is 15.3 Å². The third-order valence-electron chi connectivity index (χ3n) is 6.54. The molecule has 1 unspecified atom stereocenters. The second kappa shape index (κ2) is 12.7. The quantitative estimate of drug-likeness (QED) is 0.170. The van der Waals surface area contributed by atoms with Gasteiger partial charge in [0.1, 0.15) is 24.4 Å². The molecule has 15 nitrogen and oxygen atoms in total. The van der Waals surface area contributed by atoms with Gasteiger partial charge < -0.3 is 38.3 Å². The molecule has 0 saturated carbocycles. The molecule has 0 aliphatic carbocycles. The van der Waals surface area contributed by atoms with E-state index in [4.69, 9.17) is 38.4 Å². The molecule has 0 bridgehead atoms. The molecule has 1 saturated heterocycles. The fourth-order valence-electron chi connectivity index (χ4n) is 3.20. The number of hydrogen-bond donors (Lipinski definition) is 3. The molecule has 15 heteroatoms. The number of ether oxygens (including phenoxy) is 7. The van der Waals surface area contributed by atoms with Gasteiger partial charge in [0.05, 0.1) is 0 Å². The van der Waals surface area contributed by atoms with Gasteiger partial charge in [0.15, 0.2) is 35.6 Å². The number of nitrogens with one attached hydrogen (secondary N) is 1. The standard InChI is InChI=1S/C24H39N3O12/c1-22(2,33-7)18(28)36-12-13-15(38-19(29)23(3,4)34-8)16(39-20(30)24(5,6)35-9)17(37-13)27-11-10-14(26-32)25-21(27)31/h10-11,13,15-17,19,29,32H,12H2,1-9H3,(H,25,26,31)/t13-,15-,16-,17-,19?/m1/s1. The van der Waals surface area contributed by atoms with E-state index in [1.165, 1.54) is 61.3 Å². The lowest BCUT2D eigenvalue weighted by Crippen LogP contribution is -2.50. The van der Waals surface area contributed by atoms with Gasteiger partial charge in [-0.05, 0) is 47.6 Å². The number of hydrogen-bond acceptors (Lipinski definition) is 14. The zero-order valence-corrected chi connectivity index (χ0v) is 23.6. The van der Waals surface area contributed by atoms with Crippen molar-refractivity contribution in [1.29, 1.82) is 0 Å². The zero-order valence-electron chi connectivity index (χ0n) is 23.6. The number of nitrogens with zero attached hydrogens (tertiary/aromatic N) is 2. The summed E-state index contributed by atoms with van der Waals surface area (Å²) in [5.41, 5.74) is -3.01. The van der Waals surface area contributed by atoms with E-state index in [1.807, 2.05) is 0 Å².